The van der Waals surface area contributed by atoms with Gasteiger partial charge in [-0.3, -0.25) is 10.0 Å². The molecular weight excluding hydrogens is 406 g/mol. The Hall–Kier alpha value is -0.520. The van der Waals surface area contributed by atoms with Crippen LogP contribution in [0.2, 0.25) is 0 Å². The van der Waals surface area contributed by atoms with E-state index in [9.17, 15) is 10.0 Å². The average Bonchev–Trinajstić information content (AvgIpc) is 3.33. The minimum Gasteiger partial charge on any atom is -0.374 e. The van der Waals surface area contributed by atoms with Gasteiger partial charge in [0, 0.05) is 12.5 Å². The Labute approximate surface area is 195 Å². The van der Waals surface area contributed by atoms with Crippen molar-refractivity contribution in [3.05, 3.63) is 12.2 Å². The minimum absolute atomic E-state index is 0.221. The Bertz CT molecular complexity index is 549. The molecule has 0 saturated carbocycles. The molecule has 0 aromatic heterocycles. The first kappa shape index (κ1) is 26.7. The van der Waals surface area contributed by atoms with Gasteiger partial charge in [-0.25, -0.2) is 5.06 Å². The van der Waals surface area contributed by atoms with Gasteiger partial charge < -0.3 is 4.74 Å². The Kier molecular flexibility index (Phi) is 12.0. The summed E-state index contributed by atoms with van der Waals surface area (Å²) in [5.41, 5.74) is -0.528. The molecule has 180 valence electrons. The fraction of sp³-hybridized carbons (Fsp3) is 0.885. The van der Waals surface area contributed by atoms with Gasteiger partial charge in [0.2, 0.25) is 0 Å². The van der Waals surface area contributed by atoms with Crippen LogP contribution in [0.3, 0.4) is 0 Å². The fourth-order valence-corrected chi connectivity index (χ4v) is 6.30. The van der Waals surface area contributed by atoms with Crippen LogP contribution in [0, 0.1) is 17.3 Å². The quantitative estimate of drug-likeness (QED) is 0.120. The third-order valence-corrected chi connectivity index (χ3v) is 8.35. The number of rotatable bonds is 16. The number of hydrogen-bond acceptors (Lipinski definition) is 4. The number of carbonyl (C=O) groups is 1. The summed E-state index contributed by atoms with van der Waals surface area (Å²) in [5.74, 6) is 3.84. The molecule has 2 rings (SSSR count). The van der Waals surface area contributed by atoms with Gasteiger partial charge in [0.25, 0.3) is 5.91 Å². The number of hydrogen-bond donors (Lipinski definition) is 1. The highest BCUT2D eigenvalue weighted by Crippen LogP contribution is 2.47. The normalized spacial score (nSPS) is 25.6. The van der Waals surface area contributed by atoms with E-state index in [-0.39, 0.29) is 5.91 Å². The van der Waals surface area contributed by atoms with E-state index in [1.807, 2.05) is 13.8 Å². The first-order chi connectivity index (χ1) is 14.9. The summed E-state index contributed by atoms with van der Waals surface area (Å²) in [4.78, 5) is 12.0. The van der Waals surface area contributed by atoms with Crippen molar-refractivity contribution in [3.63, 3.8) is 0 Å². The molecule has 4 nitrogen and oxygen atoms in total. The van der Waals surface area contributed by atoms with Gasteiger partial charge in [0.05, 0.1) is 12.2 Å². The predicted molar refractivity (Wildman–Crippen MR) is 132 cm³/mol. The van der Waals surface area contributed by atoms with Gasteiger partial charge in [-0.15, -0.1) is 0 Å². The van der Waals surface area contributed by atoms with E-state index < -0.39 is 5.41 Å². The summed E-state index contributed by atoms with van der Waals surface area (Å²) in [5, 5.41) is 10.1. The first-order valence-corrected chi connectivity index (χ1v) is 13.9. The fourth-order valence-electron chi connectivity index (χ4n) is 5.27. The minimum atomic E-state index is -0.528. The predicted octanol–water partition coefficient (Wildman–Crippen LogP) is 6.86. The molecule has 2 bridgehead atoms. The van der Waals surface area contributed by atoms with Crippen molar-refractivity contribution in [2.45, 2.75) is 110 Å². The molecule has 2 aliphatic rings. The third kappa shape index (κ3) is 8.74. The van der Waals surface area contributed by atoms with E-state index in [1.54, 1.807) is 0 Å². The zero-order valence-electron chi connectivity index (χ0n) is 20.5. The second-order valence-electron chi connectivity index (χ2n) is 10.2. The standard InChI is InChI=1S/C26H47NO3S/c1-5-6-7-12-19-31-20-13-10-15-22-21(23-16-17-24(22)30-23)14-9-8-11-18-26(2,3)25(28)27(4)29/h8-9,21-24,29H,5-7,10-20H2,1-4H3/b9-8-/t21-,22+,23-,24+/m0/s1. The molecule has 31 heavy (non-hydrogen) atoms. The molecule has 5 heteroatoms. The number of amides is 1. The maximum Gasteiger partial charge on any atom is 0.251 e. The lowest BCUT2D eigenvalue weighted by molar-refractivity contribution is -0.169. The lowest BCUT2D eigenvalue weighted by Gasteiger charge is -2.27. The Morgan fingerprint density at radius 3 is 2.42 bits per heavy atom. The average molecular weight is 454 g/mol. The van der Waals surface area contributed by atoms with Gasteiger partial charge in [-0.05, 0) is 74.7 Å². The van der Waals surface area contributed by atoms with Crippen molar-refractivity contribution in [3.8, 4) is 0 Å². The summed E-state index contributed by atoms with van der Waals surface area (Å²) in [6, 6.07) is 0. The molecule has 0 radical (unpaired) electrons. The molecule has 2 fully saturated rings. The summed E-state index contributed by atoms with van der Waals surface area (Å²) in [6.45, 7) is 6.08. The van der Waals surface area contributed by atoms with Crippen LogP contribution in [-0.4, -0.2) is 46.9 Å². The van der Waals surface area contributed by atoms with E-state index in [0.29, 0.717) is 23.2 Å². The number of thioether (sulfide) groups is 1. The number of hydroxylamine groups is 2. The summed E-state index contributed by atoms with van der Waals surface area (Å²) in [6.07, 6.45) is 20.2. The summed E-state index contributed by atoms with van der Waals surface area (Å²) < 4.78 is 6.28. The van der Waals surface area contributed by atoms with Crippen LogP contribution in [0.1, 0.15) is 97.8 Å². The maximum atomic E-state index is 12.0. The lowest BCUT2D eigenvalue weighted by atomic mass is 9.75. The SMILES string of the molecule is CCCCCCSCCCC[C@@H]1[C@H](C/C=C\CCC(C)(C)C(=O)N(C)O)[C@@H]2CC[C@H]1O2. The molecule has 2 saturated heterocycles. The Morgan fingerprint density at radius 2 is 1.74 bits per heavy atom. The molecule has 1 N–H and O–H groups in total. The van der Waals surface area contributed by atoms with Crippen molar-refractivity contribution < 1.29 is 14.7 Å². The smallest absolute Gasteiger partial charge is 0.251 e. The summed E-state index contributed by atoms with van der Waals surface area (Å²) >= 11 is 2.14. The summed E-state index contributed by atoms with van der Waals surface area (Å²) in [7, 11) is 1.40. The molecular formula is C26H47NO3S. The highest BCUT2D eigenvalue weighted by atomic mass is 32.2. The molecule has 0 aromatic rings. The van der Waals surface area contributed by atoms with Gasteiger partial charge in [-0.1, -0.05) is 58.6 Å². The monoisotopic (exact) mass is 453 g/mol. The molecule has 0 aromatic carbocycles. The van der Waals surface area contributed by atoms with Crippen LogP contribution in [0.25, 0.3) is 0 Å². The first-order valence-electron chi connectivity index (χ1n) is 12.7. The van der Waals surface area contributed by atoms with E-state index in [4.69, 9.17) is 4.74 Å². The second kappa shape index (κ2) is 13.9. The topological polar surface area (TPSA) is 49.8 Å². The number of fused-ring (bicyclic) bond motifs is 2. The van der Waals surface area contributed by atoms with Crippen molar-refractivity contribution in [2.75, 3.05) is 18.6 Å². The number of ether oxygens (including phenoxy) is 1. The molecule has 4 atom stereocenters. The highest BCUT2D eigenvalue weighted by Gasteiger charge is 2.47. The van der Waals surface area contributed by atoms with E-state index >= 15 is 0 Å². The largest absolute Gasteiger partial charge is 0.374 e. The maximum absolute atomic E-state index is 12.0. The number of nitrogens with zero attached hydrogens (tertiary/aromatic N) is 1. The van der Waals surface area contributed by atoms with Crippen molar-refractivity contribution in [1.82, 2.24) is 5.06 Å². The van der Waals surface area contributed by atoms with Gasteiger partial charge in [-0.2, -0.15) is 11.8 Å². The zero-order valence-corrected chi connectivity index (χ0v) is 21.3. The molecule has 0 spiro atoms. The van der Waals surface area contributed by atoms with E-state index in [0.717, 1.165) is 25.2 Å². The molecule has 2 heterocycles. The third-order valence-electron chi connectivity index (χ3n) is 7.19. The zero-order chi connectivity index (χ0) is 22.7. The highest BCUT2D eigenvalue weighted by molar-refractivity contribution is 7.99. The van der Waals surface area contributed by atoms with Crippen molar-refractivity contribution in [1.29, 1.82) is 0 Å². The van der Waals surface area contributed by atoms with E-state index in [1.165, 1.54) is 76.3 Å². The van der Waals surface area contributed by atoms with Gasteiger partial charge in [0.15, 0.2) is 0 Å². The molecule has 2 aliphatic heterocycles. The van der Waals surface area contributed by atoms with Crippen molar-refractivity contribution in [2.24, 2.45) is 17.3 Å². The van der Waals surface area contributed by atoms with Crippen molar-refractivity contribution >= 4 is 17.7 Å². The molecule has 1 amide bonds. The van der Waals surface area contributed by atoms with Crippen LogP contribution >= 0.6 is 11.8 Å². The van der Waals surface area contributed by atoms with Gasteiger partial charge in [0.1, 0.15) is 0 Å². The van der Waals surface area contributed by atoms with E-state index in [2.05, 4.69) is 30.8 Å². The molecule has 0 unspecified atom stereocenters. The van der Waals surface area contributed by atoms with Crippen LogP contribution in [0.5, 0.6) is 0 Å². The second-order valence-corrected chi connectivity index (χ2v) is 11.5. The van der Waals surface area contributed by atoms with Crippen LogP contribution in [-0.2, 0) is 9.53 Å². The Morgan fingerprint density at radius 1 is 1.06 bits per heavy atom. The van der Waals surface area contributed by atoms with Gasteiger partial charge >= 0.3 is 0 Å². The van der Waals surface area contributed by atoms with Crippen LogP contribution < -0.4 is 0 Å². The molecule has 0 aliphatic carbocycles. The number of carbonyl (C=O) groups excluding carboxylic acids is 1. The number of unbranched alkanes of at least 4 members (excludes halogenated alkanes) is 4. The van der Waals surface area contributed by atoms with Crippen LogP contribution in [0.15, 0.2) is 12.2 Å². The lowest BCUT2D eigenvalue weighted by Crippen LogP contribution is -2.36. The number of allylic oxidation sites excluding steroid dienone is 2. The Balaban J connectivity index is 1.64. The van der Waals surface area contributed by atoms with Crippen LogP contribution in [0.4, 0.5) is 0 Å².